The van der Waals surface area contributed by atoms with Crippen LogP contribution in [0, 0.1) is 5.82 Å². The first-order chi connectivity index (χ1) is 16.3. The fourth-order valence-corrected chi connectivity index (χ4v) is 4.56. The van der Waals surface area contributed by atoms with Gasteiger partial charge in [-0.05, 0) is 65.9 Å². The third-order valence-electron chi connectivity index (χ3n) is 6.08. The van der Waals surface area contributed by atoms with Crippen LogP contribution in [0.1, 0.15) is 35.6 Å². The van der Waals surface area contributed by atoms with Gasteiger partial charge in [-0.1, -0.05) is 29.8 Å². The quantitative estimate of drug-likeness (QED) is 0.477. The van der Waals surface area contributed by atoms with E-state index in [1.807, 2.05) is 37.3 Å². The molecule has 0 bridgehead atoms. The number of aliphatic hydroxyl groups is 1. The van der Waals surface area contributed by atoms with Crippen molar-refractivity contribution in [2.45, 2.75) is 44.8 Å². The second-order valence-corrected chi connectivity index (χ2v) is 9.40. The Kier molecular flexibility index (Phi) is 7.49. The van der Waals surface area contributed by atoms with Gasteiger partial charge in [-0.25, -0.2) is 4.39 Å². The molecule has 0 aliphatic carbocycles. The number of rotatable bonds is 9. The Hall–Kier alpha value is -2.96. The highest BCUT2D eigenvalue weighted by molar-refractivity contribution is 6.30. The number of ether oxygens (including phenoxy) is 1. The number of fused-ring (bicyclic) bond motifs is 1. The molecule has 5 nitrogen and oxygen atoms in total. The summed E-state index contributed by atoms with van der Waals surface area (Å²) < 4.78 is 20.1. The molecule has 2 aromatic carbocycles. The Morgan fingerprint density at radius 1 is 1.15 bits per heavy atom. The number of carbonyl (C=O) groups is 1. The lowest BCUT2D eigenvalue weighted by Crippen LogP contribution is -2.33. The second-order valence-electron chi connectivity index (χ2n) is 8.99. The predicted molar refractivity (Wildman–Crippen MR) is 129 cm³/mol. The van der Waals surface area contributed by atoms with Gasteiger partial charge in [0.2, 0.25) is 5.91 Å². The van der Waals surface area contributed by atoms with E-state index in [-0.39, 0.29) is 17.5 Å². The summed E-state index contributed by atoms with van der Waals surface area (Å²) in [5, 5.41) is 9.50. The van der Waals surface area contributed by atoms with Crippen molar-refractivity contribution in [1.29, 1.82) is 0 Å². The van der Waals surface area contributed by atoms with Gasteiger partial charge < -0.3 is 14.7 Å². The van der Waals surface area contributed by atoms with Crippen LogP contribution in [-0.4, -0.2) is 39.7 Å². The van der Waals surface area contributed by atoms with Crippen LogP contribution in [0.2, 0.25) is 5.02 Å². The molecular formula is C27H28ClFN2O3. The maximum atomic E-state index is 13.9. The summed E-state index contributed by atoms with van der Waals surface area (Å²) in [6.45, 7) is 2.68. The van der Waals surface area contributed by atoms with E-state index in [0.717, 1.165) is 28.0 Å². The number of halogens is 2. The van der Waals surface area contributed by atoms with Crippen LogP contribution in [0.3, 0.4) is 0 Å². The summed E-state index contributed by atoms with van der Waals surface area (Å²) in [6.07, 6.45) is 5.61. The van der Waals surface area contributed by atoms with Crippen LogP contribution >= 0.6 is 11.6 Å². The first-order valence-corrected chi connectivity index (χ1v) is 11.8. The molecule has 0 spiro atoms. The summed E-state index contributed by atoms with van der Waals surface area (Å²) >= 11 is 5.80. The van der Waals surface area contributed by atoms with Crippen LogP contribution in [0.15, 0.2) is 60.9 Å². The molecule has 1 aliphatic heterocycles. The van der Waals surface area contributed by atoms with E-state index >= 15 is 0 Å². The van der Waals surface area contributed by atoms with E-state index in [1.54, 1.807) is 23.4 Å². The van der Waals surface area contributed by atoms with Gasteiger partial charge in [0.25, 0.3) is 0 Å². The number of amides is 1. The Balaban J connectivity index is 1.37. The van der Waals surface area contributed by atoms with Gasteiger partial charge in [-0.15, -0.1) is 0 Å². The zero-order chi connectivity index (χ0) is 24.1. The number of aromatic nitrogens is 1. The molecule has 0 saturated heterocycles. The van der Waals surface area contributed by atoms with Crippen molar-refractivity contribution < 1.29 is 19.0 Å². The number of pyridine rings is 1. The van der Waals surface area contributed by atoms with Gasteiger partial charge in [0.1, 0.15) is 17.2 Å². The van der Waals surface area contributed by atoms with E-state index in [1.165, 1.54) is 6.07 Å². The molecule has 1 aliphatic rings. The normalized spacial score (nSPS) is 16.7. The minimum absolute atomic E-state index is 0.00258. The summed E-state index contributed by atoms with van der Waals surface area (Å²) in [4.78, 5) is 18.5. The minimum atomic E-state index is -0.473. The van der Waals surface area contributed by atoms with Gasteiger partial charge in [0, 0.05) is 44.7 Å². The zero-order valence-corrected chi connectivity index (χ0v) is 19.9. The summed E-state index contributed by atoms with van der Waals surface area (Å²) in [5.74, 6) is 0.397. The number of nitrogens with zero attached hydrogens (tertiary/aromatic N) is 2. The molecule has 0 fully saturated rings. The topological polar surface area (TPSA) is 62.7 Å². The number of carbonyl (C=O) groups excluding carboxylic acids is 1. The molecule has 1 atom stereocenters. The average molecular weight is 483 g/mol. The van der Waals surface area contributed by atoms with E-state index in [4.69, 9.17) is 16.3 Å². The molecule has 178 valence electrons. The monoisotopic (exact) mass is 482 g/mol. The van der Waals surface area contributed by atoms with Crippen molar-refractivity contribution in [2.75, 3.05) is 13.2 Å². The molecule has 1 unspecified atom stereocenters. The highest BCUT2D eigenvalue weighted by Crippen LogP contribution is 2.38. The molecular weight excluding hydrogens is 455 g/mol. The van der Waals surface area contributed by atoms with Gasteiger partial charge in [-0.3, -0.25) is 9.78 Å². The van der Waals surface area contributed by atoms with Crippen molar-refractivity contribution in [3.63, 3.8) is 0 Å². The highest BCUT2D eigenvalue weighted by atomic mass is 35.5. The van der Waals surface area contributed by atoms with Crippen LogP contribution < -0.4 is 4.74 Å². The molecule has 2 heterocycles. The maximum absolute atomic E-state index is 13.9. The SMILES string of the molecule is CC1(Cc2ccc(Cl)c(F)c2)Cc2cc(CCC(=O)N(CCO)Cc3ccncc3)ccc2O1. The number of aliphatic hydroxyl groups excluding tert-OH is 1. The molecule has 34 heavy (non-hydrogen) atoms. The summed E-state index contributed by atoms with van der Waals surface area (Å²) in [5.41, 5.74) is 3.49. The highest BCUT2D eigenvalue weighted by Gasteiger charge is 2.35. The van der Waals surface area contributed by atoms with E-state index in [0.29, 0.717) is 38.8 Å². The largest absolute Gasteiger partial charge is 0.487 e. The van der Waals surface area contributed by atoms with Gasteiger partial charge in [0.05, 0.1) is 11.6 Å². The van der Waals surface area contributed by atoms with Crippen LogP contribution in [0.25, 0.3) is 0 Å². The summed E-state index contributed by atoms with van der Waals surface area (Å²) in [7, 11) is 0. The van der Waals surface area contributed by atoms with E-state index in [9.17, 15) is 14.3 Å². The lowest BCUT2D eigenvalue weighted by Gasteiger charge is -2.24. The number of aryl methyl sites for hydroxylation is 1. The molecule has 7 heteroatoms. The zero-order valence-electron chi connectivity index (χ0n) is 19.1. The number of hydrogen-bond acceptors (Lipinski definition) is 4. The molecule has 1 amide bonds. The number of benzene rings is 2. The Morgan fingerprint density at radius 2 is 1.91 bits per heavy atom. The van der Waals surface area contributed by atoms with Crippen LogP contribution in [0.4, 0.5) is 4.39 Å². The lowest BCUT2D eigenvalue weighted by atomic mass is 9.91. The van der Waals surface area contributed by atoms with Crippen molar-refractivity contribution in [2.24, 2.45) is 0 Å². The minimum Gasteiger partial charge on any atom is -0.487 e. The predicted octanol–water partition coefficient (Wildman–Crippen LogP) is 4.76. The van der Waals surface area contributed by atoms with E-state index in [2.05, 4.69) is 11.1 Å². The van der Waals surface area contributed by atoms with Crippen LogP contribution in [0.5, 0.6) is 5.75 Å². The smallest absolute Gasteiger partial charge is 0.223 e. The molecule has 0 radical (unpaired) electrons. The lowest BCUT2D eigenvalue weighted by molar-refractivity contribution is -0.132. The Morgan fingerprint density at radius 3 is 2.65 bits per heavy atom. The third-order valence-corrected chi connectivity index (χ3v) is 6.39. The standard InChI is InChI=1S/C27H28ClFN2O3/c1-27(16-21-2-5-23(28)24(29)15-21)17-22-14-19(3-6-25(22)34-27)4-7-26(33)31(12-13-32)18-20-8-10-30-11-9-20/h2-3,5-6,8-11,14-15,32H,4,7,12-13,16-18H2,1H3. The third kappa shape index (κ3) is 5.93. The van der Waals surface area contributed by atoms with Crippen molar-refractivity contribution in [1.82, 2.24) is 9.88 Å². The number of hydrogen-bond donors (Lipinski definition) is 1. The second kappa shape index (κ2) is 10.5. The van der Waals surface area contributed by atoms with Crippen LogP contribution in [-0.2, 0) is 30.6 Å². The Bertz CT molecular complexity index is 1160. The fraction of sp³-hybridized carbons (Fsp3) is 0.333. The molecule has 1 N–H and O–H groups in total. The average Bonchev–Trinajstić information content (AvgIpc) is 3.15. The van der Waals surface area contributed by atoms with Gasteiger partial charge in [0.15, 0.2) is 0 Å². The maximum Gasteiger partial charge on any atom is 0.223 e. The van der Waals surface area contributed by atoms with Gasteiger partial charge in [-0.2, -0.15) is 0 Å². The molecule has 1 aromatic heterocycles. The first-order valence-electron chi connectivity index (χ1n) is 11.4. The summed E-state index contributed by atoms with van der Waals surface area (Å²) in [6, 6.07) is 14.6. The fourth-order valence-electron chi connectivity index (χ4n) is 4.44. The van der Waals surface area contributed by atoms with Crippen molar-refractivity contribution >= 4 is 17.5 Å². The van der Waals surface area contributed by atoms with Crippen molar-refractivity contribution in [3.8, 4) is 5.75 Å². The van der Waals surface area contributed by atoms with Crippen molar-refractivity contribution in [3.05, 3.63) is 94.0 Å². The molecule has 4 rings (SSSR count). The molecule has 0 saturated carbocycles. The van der Waals surface area contributed by atoms with E-state index < -0.39 is 11.4 Å². The van der Waals surface area contributed by atoms with Gasteiger partial charge >= 0.3 is 0 Å². The Labute approximate surface area is 204 Å². The molecule has 3 aromatic rings. The first kappa shape index (κ1) is 24.2.